The molecule has 0 aliphatic carbocycles. The van der Waals surface area contributed by atoms with Crippen molar-refractivity contribution in [3.63, 3.8) is 0 Å². The van der Waals surface area contributed by atoms with Gasteiger partial charge in [-0.05, 0) is 32.4 Å². The molecule has 20 heavy (non-hydrogen) atoms. The molecule has 2 heterocycles. The molecule has 2 rings (SSSR count). The maximum atomic E-state index is 14.8. The van der Waals surface area contributed by atoms with E-state index in [4.69, 9.17) is 0 Å². The molecule has 1 saturated heterocycles. The van der Waals surface area contributed by atoms with Crippen LogP contribution in [-0.2, 0) is 11.8 Å². The van der Waals surface area contributed by atoms with Crippen LogP contribution in [0.4, 0.5) is 17.6 Å². The van der Waals surface area contributed by atoms with Gasteiger partial charge in [-0.3, -0.25) is 4.98 Å². The molecule has 0 bridgehead atoms. The van der Waals surface area contributed by atoms with Crippen LogP contribution in [0, 0.1) is 0 Å². The Hall–Kier alpha value is -1.17. The summed E-state index contributed by atoms with van der Waals surface area (Å²) in [5.74, 6) is 0. The lowest BCUT2D eigenvalue weighted by atomic mass is 9.86. The Kier molecular flexibility index (Phi) is 4.32. The number of pyridine rings is 1. The van der Waals surface area contributed by atoms with Crippen molar-refractivity contribution in [1.82, 2.24) is 10.3 Å². The SMILES string of the molecule is CC(F)(CC1CCCCN1)c1cnccc1C(F)(F)F. The minimum atomic E-state index is -4.56. The van der Waals surface area contributed by atoms with E-state index < -0.39 is 17.4 Å². The second kappa shape index (κ2) is 5.68. The first kappa shape index (κ1) is 15.2. The summed E-state index contributed by atoms with van der Waals surface area (Å²) in [6, 6.07) is 0.751. The van der Waals surface area contributed by atoms with Crippen LogP contribution in [0.25, 0.3) is 0 Å². The van der Waals surface area contributed by atoms with Crippen molar-refractivity contribution in [3.05, 3.63) is 29.6 Å². The molecular formula is C14H18F4N2. The number of hydrogen-bond acceptors (Lipinski definition) is 2. The van der Waals surface area contributed by atoms with Gasteiger partial charge in [0.2, 0.25) is 0 Å². The minimum Gasteiger partial charge on any atom is -0.314 e. The predicted octanol–water partition coefficient (Wildman–Crippen LogP) is 3.82. The first-order valence-electron chi connectivity index (χ1n) is 6.75. The zero-order chi connectivity index (χ0) is 14.8. The third-order valence-corrected chi connectivity index (χ3v) is 3.73. The fourth-order valence-corrected chi connectivity index (χ4v) is 2.73. The van der Waals surface area contributed by atoms with Crippen LogP contribution >= 0.6 is 0 Å². The molecule has 1 N–H and O–H groups in total. The minimum absolute atomic E-state index is 0.0295. The van der Waals surface area contributed by atoms with E-state index in [1.807, 2.05) is 0 Å². The van der Waals surface area contributed by atoms with E-state index in [0.717, 1.165) is 44.3 Å². The van der Waals surface area contributed by atoms with Gasteiger partial charge in [0.25, 0.3) is 0 Å². The summed E-state index contributed by atoms with van der Waals surface area (Å²) in [6.45, 7) is 2.00. The summed E-state index contributed by atoms with van der Waals surface area (Å²) < 4.78 is 53.7. The molecule has 0 aromatic carbocycles. The number of nitrogens with one attached hydrogen (secondary N) is 1. The first-order chi connectivity index (χ1) is 9.31. The van der Waals surface area contributed by atoms with Gasteiger partial charge in [0.05, 0.1) is 5.56 Å². The molecule has 0 saturated carbocycles. The highest BCUT2D eigenvalue weighted by Crippen LogP contribution is 2.40. The first-order valence-corrected chi connectivity index (χ1v) is 6.75. The summed E-state index contributed by atoms with van der Waals surface area (Å²) in [7, 11) is 0. The Balaban J connectivity index is 2.24. The van der Waals surface area contributed by atoms with Crippen molar-refractivity contribution in [1.29, 1.82) is 0 Å². The fourth-order valence-electron chi connectivity index (χ4n) is 2.73. The molecule has 6 heteroatoms. The molecule has 1 aromatic rings. The van der Waals surface area contributed by atoms with Gasteiger partial charge in [0.15, 0.2) is 0 Å². The second-order valence-electron chi connectivity index (χ2n) is 5.47. The van der Waals surface area contributed by atoms with E-state index in [2.05, 4.69) is 10.3 Å². The zero-order valence-corrected chi connectivity index (χ0v) is 11.3. The number of alkyl halides is 4. The third kappa shape index (κ3) is 3.48. The van der Waals surface area contributed by atoms with Crippen LogP contribution < -0.4 is 5.32 Å². The molecule has 1 aliphatic heterocycles. The number of halogens is 4. The standard InChI is InChI=1S/C14H18F4N2/c1-13(15,8-10-4-2-3-6-20-10)12-9-19-7-5-11(12)14(16,17)18/h5,7,9-10,20H,2-4,6,8H2,1H3. The van der Waals surface area contributed by atoms with E-state index in [9.17, 15) is 17.6 Å². The smallest absolute Gasteiger partial charge is 0.314 e. The zero-order valence-electron chi connectivity index (χ0n) is 11.3. The van der Waals surface area contributed by atoms with Crippen molar-refractivity contribution in [3.8, 4) is 0 Å². The molecule has 1 fully saturated rings. The second-order valence-corrected chi connectivity index (χ2v) is 5.47. The van der Waals surface area contributed by atoms with Crippen LogP contribution in [0.15, 0.2) is 18.5 Å². The molecule has 112 valence electrons. The van der Waals surface area contributed by atoms with Crippen molar-refractivity contribution in [2.75, 3.05) is 6.54 Å². The number of aromatic nitrogens is 1. The number of piperidine rings is 1. The van der Waals surface area contributed by atoms with Crippen molar-refractivity contribution in [2.45, 2.75) is 50.5 Å². The average Bonchev–Trinajstić information content (AvgIpc) is 2.38. The quantitative estimate of drug-likeness (QED) is 0.856. The Morgan fingerprint density at radius 1 is 1.25 bits per heavy atom. The third-order valence-electron chi connectivity index (χ3n) is 3.73. The Morgan fingerprint density at radius 2 is 2.00 bits per heavy atom. The summed E-state index contributed by atoms with van der Waals surface area (Å²) in [5, 5.41) is 3.16. The van der Waals surface area contributed by atoms with Gasteiger partial charge in [-0.25, -0.2) is 4.39 Å². The van der Waals surface area contributed by atoms with Crippen LogP contribution in [0.3, 0.4) is 0 Å². The number of rotatable bonds is 3. The van der Waals surface area contributed by atoms with Crippen molar-refractivity contribution in [2.24, 2.45) is 0 Å². The maximum Gasteiger partial charge on any atom is 0.416 e. The van der Waals surface area contributed by atoms with Crippen molar-refractivity contribution >= 4 is 0 Å². The molecule has 0 radical (unpaired) electrons. The van der Waals surface area contributed by atoms with E-state index in [1.54, 1.807) is 0 Å². The van der Waals surface area contributed by atoms with Gasteiger partial charge >= 0.3 is 6.18 Å². The fraction of sp³-hybridized carbons (Fsp3) is 0.643. The molecule has 0 spiro atoms. The Labute approximate surface area is 115 Å². The van der Waals surface area contributed by atoms with E-state index in [1.165, 1.54) is 6.92 Å². The highest BCUT2D eigenvalue weighted by atomic mass is 19.4. The largest absolute Gasteiger partial charge is 0.416 e. The highest BCUT2D eigenvalue weighted by Gasteiger charge is 2.41. The molecular weight excluding hydrogens is 272 g/mol. The van der Waals surface area contributed by atoms with Crippen molar-refractivity contribution < 1.29 is 17.6 Å². The summed E-state index contributed by atoms with van der Waals surface area (Å²) in [6.07, 6.45) is 0.300. The van der Waals surface area contributed by atoms with Gasteiger partial charge in [-0.1, -0.05) is 6.42 Å². The van der Waals surface area contributed by atoms with E-state index in [0.29, 0.717) is 0 Å². The van der Waals surface area contributed by atoms with Crippen LogP contribution in [0.5, 0.6) is 0 Å². The highest BCUT2D eigenvalue weighted by molar-refractivity contribution is 5.31. The lowest BCUT2D eigenvalue weighted by molar-refractivity contribution is -0.139. The monoisotopic (exact) mass is 290 g/mol. The summed E-state index contributed by atoms with van der Waals surface area (Å²) in [5.41, 5.74) is -3.36. The topological polar surface area (TPSA) is 24.9 Å². The Morgan fingerprint density at radius 3 is 2.60 bits per heavy atom. The van der Waals surface area contributed by atoms with Gasteiger partial charge in [-0.2, -0.15) is 13.2 Å². The molecule has 1 aromatic heterocycles. The van der Waals surface area contributed by atoms with Crippen LogP contribution in [-0.4, -0.2) is 17.6 Å². The lowest BCUT2D eigenvalue weighted by Gasteiger charge is -2.31. The molecule has 2 atom stereocenters. The summed E-state index contributed by atoms with van der Waals surface area (Å²) in [4.78, 5) is 3.66. The average molecular weight is 290 g/mol. The van der Waals surface area contributed by atoms with E-state index in [-0.39, 0.29) is 18.0 Å². The lowest BCUT2D eigenvalue weighted by Crippen LogP contribution is -2.39. The molecule has 1 aliphatic rings. The Bertz CT molecular complexity index is 451. The number of nitrogens with zero attached hydrogens (tertiary/aromatic N) is 1. The van der Waals surface area contributed by atoms with Crippen LogP contribution in [0.2, 0.25) is 0 Å². The van der Waals surface area contributed by atoms with Crippen LogP contribution in [0.1, 0.15) is 43.7 Å². The maximum absolute atomic E-state index is 14.8. The van der Waals surface area contributed by atoms with Gasteiger partial charge in [-0.15, -0.1) is 0 Å². The summed E-state index contributed by atoms with van der Waals surface area (Å²) >= 11 is 0. The van der Waals surface area contributed by atoms with Gasteiger partial charge < -0.3 is 5.32 Å². The number of hydrogen-bond donors (Lipinski definition) is 1. The van der Waals surface area contributed by atoms with Gasteiger partial charge in [0.1, 0.15) is 5.67 Å². The molecule has 0 amide bonds. The predicted molar refractivity (Wildman–Crippen MR) is 68.0 cm³/mol. The molecule has 2 nitrogen and oxygen atoms in total. The molecule has 2 unspecified atom stereocenters. The normalized spacial score (nSPS) is 23.4. The van der Waals surface area contributed by atoms with Gasteiger partial charge in [0, 0.05) is 30.4 Å². The van der Waals surface area contributed by atoms with E-state index >= 15 is 0 Å².